The predicted octanol–water partition coefficient (Wildman–Crippen LogP) is 1.85. The Morgan fingerprint density at radius 3 is 3.00 bits per heavy atom. The molecule has 0 unspecified atom stereocenters. The molecule has 1 N–H and O–H groups in total. The lowest BCUT2D eigenvalue weighted by Crippen LogP contribution is -2.09. The van der Waals surface area contributed by atoms with Crippen molar-refractivity contribution in [2.45, 2.75) is 13.3 Å². The highest BCUT2D eigenvalue weighted by Crippen LogP contribution is 2.09. The summed E-state index contributed by atoms with van der Waals surface area (Å²) in [5, 5.41) is 10.9. The zero-order valence-electron chi connectivity index (χ0n) is 7.37. The molecule has 1 rings (SSSR count). The van der Waals surface area contributed by atoms with Crippen molar-refractivity contribution in [2.24, 2.45) is 0 Å². The van der Waals surface area contributed by atoms with Gasteiger partial charge in [-0.3, -0.25) is 4.79 Å². The van der Waals surface area contributed by atoms with Crippen molar-refractivity contribution in [1.82, 2.24) is 0 Å². The molecule has 13 heavy (non-hydrogen) atoms. The number of benzene rings is 1. The number of nitrogens with one attached hydrogen (secondary N) is 1. The first-order valence-corrected chi connectivity index (χ1v) is 3.96. The zero-order chi connectivity index (χ0) is 9.68. The third kappa shape index (κ3) is 2.96. The van der Waals surface area contributed by atoms with Crippen LogP contribution in [-0.2, 0) is 4.79 Å². The molecule has 0 atom stereocenters. The number of carbonyl (C=O) groups is 1. The van der Waals surface area contributed by atoms with Gasteiger partial charge in [0.2, 0.25) is 5.91 Å². The van der Waals surface area contributed by atoms with E-state index in [0.29, 0.717) is 0 Å². The molecule has 0 saturated carbocycles. The first-order valence-electron chi connectivity index (χ1n) is 3.96. The fourth-order valence-corrected chi connectivity index (χ4v) is 1.000. The molecule has 0 aliphatic heterocycles. The van der Waals surface area contributed by atoms with Gasteiger partial charge >= 0.3 is 0 Å². The van der Waals surface area contributed by atoms with Crippen LogP contribution in [-0.4, -0.2) is 5.91 Å². The molecule has 1 amide bonds. The summed E-state index contributed by atoms with van der Waals surface area (Å²) in [5.41, 5.74) is 1.81. The zero-order valence-corrected chi connectivity index (χ0v) is 7.37. The lowest BCUT2D eigenvalue weighted by molar-refractivity contribution is -0.115. The summed E-state index contributed by atoms with van der Waals surface area (Å²) in [4.78, 5) is 11.0. The normalized spacial score (nSPS) is 8.92. The van der Waals surface area contributed by atoms with Gasteiger partial charge in [-0.15, -0.1) is 0 Å². The molecule has 1 aromatic rings. The van der Waals surface area contributed by atoms with Crippen LogP contribution in [0, 0.1) is 18.3 Å². The Bertz CT molecular complexity index is 352. The third-order valence-electron chi connectivity index (χ3n) is 1.54. The maximum atomic E-state index is 11.0. The number of carbonyl (C=O) groups excluding carboxylic acids is 1. The molecule has 0 fully saturated rings. The van der Waals surface area contributed by atoms with Crippen LogP contribution in [0.3, 0.4) is 0 Å². The van der Waals surface area contributed by atoms with Gasteiger partial charge in [-0.05, 0) is 24.6 Å². The van der Waals surface area contributed by atoms with Crippen molar-refractivity contribution in [3.8, 4) is 6.07 Å². The molecule has 0 aromatic heterocycles. The number of nitriles is 1. The van der Waals surface area contributed by atoms with E-state index in [1.54, 1.807) is 12.1 Å². The topological polar surface area (TPSA) is 52.9 Å². The summed E-state index contributed by atoms with van der Waals surface area (Å²) in [6.07, 6.45) is -0.103. The van der Waals surface area contributed by atoms with Crippen LogP contribution in [0.25, 0.3) is 0 Å². The summed E-state index contributed by atoms with van der Waals surface area (Å²) in [6, 6.07) is 9.24. The molecule has 0 heterocycles. The fourth-order valence-electron chi connectivity index (χ4n) is 1.000. The van der Waals surface area contributed by atoms with E-state index in [4.69, 9.17) is 5.26 Å². The number of aryl methyl sites for hydroxylation is 1. The van der Waals surface area contributed by atoms with Crippen LogP contribution >= 0.6 is 0 Å². The second-order valence-corrected chi connectivity index (χ2v) is 2.75. The van der Waals surface area contributed by atoms with Gasteiger partial charge < -0.3 is 5.32 Å². The Labute approximate surface area is 77.0 Å². The molecule has 1 aromatic carbocycles. The highest BCUT2D eigenvalue weighted by Gasteiger charge is 1.99. The van der Waals surface area contributed by atoms with Gasteiger partial charge in [-0.2, -0.15) is 5.26 Å². The fraction of sp³-hybridized carbons (Fsp3) is 0.200. The Kier molecular flexibility index (Phi) is 3.04. The van der Waals surface area contributed by atoms with Crippen LogP contribution in [0.15, 0.2) is 24.3 Å². The maximum Gasteiger partial charge on any atom is 0.238 e. The molecule has 3 nitrogen and oxygen atoms in total. The average molecular weight is 174 g/mol. The molecule has 0 aliphatic rings. The van der Waals surface area contributed by atoms with E-state index < -0.39 is 0 Å². The van der Waals surface area contributed by atoms with Crippen molar-refractivity contribution in [1.29, 1.82) is 5.26 Å². The highest BCUT2D eigenvalue weighted by atomic mass is 16.1. The van der Waals surface area contributed by atoms with Gasteiger partial charge in [0.05, 0.1) is 6.07 Å². The lowest BCUT2D eigenvalue weighted by Gasteiger charge is -2.02. The molecule has 0 radical (unpaired) electrons. The Morgan fingerprint density at radius 1 is 1.62 bits per heavy atom. The molecular weight excluding hydrogens is 164 g/mol. The second-order valence-electron chi connectivity index (χ2n) is 2.75. The summed E-state index contributed by atoms with van der Waals surface area (Å²) >= 11 is 0. The van der Waals surface area contributed by atoms with E-state index in [1.165, 1.54) is 0 Å². The van der Waals surface area contributed by atoms with Crippen molar-refractivity contribution in [2.75, 3.05) is 5.32 Å². The van der Waals surface area contributed by atoms with Crippen molar-refractivity contribution in [3.63, 3.8) is 0 Å². The van der Waals surface area contributed by atoms with E-state index in [0.717, 1.165) is 11.3 Å². The van der Waals surface area contributed by atoms with E-state index in [-0.39, 0.29) is 12.3 Å². The molecule has 3 heteroatoms. The van der Waals surface area contributed by atoms with Gasteiger partial charge in [0.1, 0.15) is 6.42 Å². The van der Waals surface area contributed by atoms with Gasteiger partial charge in [-0.1, -0.05) is 12.1 Å². The van der Waals surface area contributed by atoms with E-state index >= 15 is 0 Å². The van der Waals surface area contributed by atoms with Crippen LogP contribution in [0.4, 0.5) is 5.69 Å². The molecule has 66 valence electrons. The van der Waals surface area contributed by atoms with Crippen molar-refractivity contribution in [3.05, 3.63) is 29.8 Å². The molecular formula is C10H10N2O. The summed E-state index contributed by atoms with van der Waals surface area (Å²) in [5.74, 6) is -0.270. The number of hydrogen-bond acceptors (Lipinski definition) is 2. The quantitative estimate of drug-likeness (QED) is 0.743. The maximum absolute atomic E-state index is 11.0. The number of anilines is 1. The monoisotopic (exact) mass is 174 g/mol. The Morgan fingerprint density at radius 2 is 2.38 bits per heavy atom. The lowest BCUT2D eigenvalue weighted by atomic mass is 10.2. The van der Waals surface area contributed by atoms with E-state index in [1.807, 2.05) is 25.1 Å². The minimum absolute atomic E-state index is 0.103. The smallest absolute Gasteiger partial charge is 0.238 e. The Hall–Kier alpha value is -1.82. The first kappa shape index (κ1) is 9.27. The van der Waals surface area contributed by atoms with E-state index in [2.05, 4.69) is 5.32 Å². The summed E-state index contributed by atoms with van der Waals surface area (Å²) in [6.45, 7) is 1.94. The molecule has 0 aliphatic carbocycles. The average Bonchev–Trinajstić information content (AvgIpc) is 2.04. The minimum Gasteiger partial charge on any atom is -0.325 e. The van der Waals surface area contributed by atoms with Crippen LogP contribution in [0.1, 0.15) is 12.0 Å². The van der Waals surface area contributed by atoms with Gasteiger partial charge in [0, 0.05) is 5.69 Å². The largest absolute Gasteiger partial charge is 0.325 e. The first-order chi connectivity index (χ1) is 6.22. The SMILES string of the molecule is Cc1cccc(NC(=O)CC#N)c1. The van der Waals surface area contributed by atoms with E-state index in [9.17, 15) is 4.79 Å². The summed E-state index contributed by atoms with van der Waals surface area (Å²) < 4.78 is 0. The molecule has 0 saturated heterocycles. The molecule has 0 bridgehead atoms. The van der Waals surface area contributed by atoms with Gasteiger partial charge in [0.15, 0.2) is 0 Å². The third-order valence-corrected chi connectivity index (χ3v) is 1.54. The standard InChI is InChI=1S/C10H10N2O/c1-8-3-2-4-9(7-8)12-10(13)5-6-11/h2-4,7H,5H2,1H3,(H,12,13). The van der Waals surface area contributed by atoms with Crippen molar-refractivity contribution >= 4 is 11.6 Å². The Balaban J connectivity index is 2.65. The minimum atomic E-state index is -0.270. The van der Waals surface area contributed by atoms with Gasteiger partial charge in [-0.25, -0.2) is 0 Å². The van der Waals surface area contributed by atoms with Crippen LogP contribution in [0.2, 0.25) is 0 Å². The van der Waals surface area contributed by atoms with Gasteiger partial charge in [0.25, 0.3) is 0 Å². The van der Waals surface area contributed by atoms with Crippen molar-refractivity contribution < 1.29 is 4.79 Å². The predicted molar refractivity (Wildman–Crippen MR) is 50.0 cm³/mol. The number of amides is 1. The highest BCUT2D eigenvalue weighted by molar-refractivity contribution is 5.92. The van der Waals surface area contributed by atoms with Crippen LogP contribution in [0.5, 0.6) is 0 Å². The number of hydrogen-bond donors (Lipinski definition) is 1. The second kappa shape index (κ2) is 4.27. The molecule has 0 spiro atoms. The number of nitrogens with zero attached hydrogens (tertiary/aromatic N) is 1. The summed E-state index contributed by atoms with van der Waals surface area (Å²) in [7, 11) is 0. The van der Waals surface area contributed by atoms with Crippen LogP contribution < -0.4 is 5.32 Å². The number of rotatable bonds is 2.